The van der Waals surface area contributed by atoms with Crippen LogP contribution in [0.2, 0.25) is 0 Å². The molecule has 3 fully saturated rings. The summed E-state index contributed by atoms with van der Waals surface area (Å²) < 4.78 is 20.1. The van der Waals surface area contributed by atoms with E-state index in [0.29, 0.717) is 0 Å². The fourth-order valence-electron chi connectivity index (χ4n) is 4.06. The van der Waals surface area contributed by atoms with Crippen molar-refractivity contribution in [2.24, 2.45) is 0 Å². The molecule has 3 aliphatic rings. The van der Waals surface area contributed by atoms with E-state index >= 15 is 0 Å². The topological polar surface area (TPSA) is 309 Å². The van der Waals surface area contributed by atoms with Crippen LogP contribution in [0, 0.1) is 0 Å². The Morgan fingerprint density at radius 1 is 0.632 bits per heavy atom. The number of ether oxygens (including phenoxy) is 4. The maximum atomic E-state index is 10.7. The first-order chi connectivity index (χ1) is 17.8. The van der Waals surface area contributed by atoms with Gasteiger partial charge < -0.3 is 85.5 Å². The summed E-state index contributed by atoms with van der Waals surface area (Å²) in [7, 11) is 0. The molecule has 0 aromatic carbocycles. The molecule has 13 N–H and O–H groups in total. The number of carbonyl (C=O) groups is 1. The van der Waals surface area contributed by atoms with Crippen LogP contribution in [0.25, 0.3) is 0 Å². The zero-order valence-electron chi connectivity index (χ0n) is 20.2. The Labute approximate surface area is 215 Å². The molecule has 3 heterocycles. The van der Waals surface area contributed by atoms with Crippen LogP contribution in [0.1, 0.15) is 6.92 Å². The van der Waals surface area contributed by atoms with Crippen LogP contribution < -0.4 is 5.32 Å². The number of nitrogens with one attached hydrogen (secondary N) is 1. The number of rotatable bonds is 6. The first-order valence-corrected chi connectivity index (χ1v) is 11.6. The smallest absolute Gasteiger partial charge is 0.217 e. The highest BCUT2D eigenvalue weighted by atomic mass is 16.7. The van der Waals surface area contributed by atoms with Crippen LogP contribution in [0.5, 0.6) is 0 Å². The van der Waals surface area contributed by atoms with E-state index in [1.165, 1.54) is 6.92 Å². The summed E-state index contributed by atoms with van der Waals surface area (Å²) in [6, 6.07) is -1.10. The van der Waals surface area contributed by atoms with E-state index in [-0.39, 0.29) is 0 Å². The van der Waals surface area contributed by atoms with Crippen LogP contribution in [0.4, 0.5) is 0 Å². The Bertz CT molecular complexity index is 730. The lowest BCUT2D eigenvalue weighted by molar-refractivity contribution is -0.355. The van der Waals surface area contributed by atoms with Crippen molar-refractivity contribution in [3.63, 3.8) is 0 Å². The maximum absolute atomic E-state index is 10.7. The van der Waals surface area contributed by atoms with Crippen molar-refractivity contribution in [1.29, 1.82) is 0 Å². The molecule has 18 nitrogen and oxygen atoms in total. The predicted molar refractivity (Wildman–Crippen MR) is 116 cm³/mol. The van der Waals surface area contributed by atoms with Gasteiger partial charge in [-0.1, -0.05) is 0 Å². The Balaban J connectivity index is 0.000000293. The van der Waals surface area contributed by atoms with E-state index in [1.54, 1.807) is 0 Å². The van der Waals surface area contributed by atoms with E-state index in [0.717, 1.165) is 0 Å². The summed E-state index contributed by atoms with van der Waals surface area (Å²) in [5.41, 5.74) is 0. The lowest BCUT2D eigenvalue weighted by atomic mass is 9.97. The summed E-state index contributed by atoms with van der Waals surface area (Å²) in [5.74, 6) is -0.462. The summed E-state index contributed by atoms with van der Waals surface area (Å²) in [5, 5.41) is 116. The van der Waals surface area contributed by atoms with Gasteiger partial charge in [0.15, 0.2) is 18.9 Å². The fourth-order valence-corrected chi connectivity index (χ4v) is 4.06. The minimum atomic E-state index is -1.74. The fraction of sp³-hybridized carbons (Fsp3) is 0.950. The lowest BCUT2D eigenvalue weighted by Crippen LogP contribution is -2.64. The molecule has 2 unspecified atom stereocenters. The van der Waals surface area contributed by atoms with Gasteiger partial charge in [0.25, 0.3) is 0 Å². The molecule has 18 heteroatoms. The summed E-state index contributed by atoms with van der Waals surface area (Å²) in [6.07, 6.45) is -20.8. The number of hydrogen-bond donors (Lipinski definition) is 13. The van der Waals surface area contributed by atoms with Crippen molar-refractivity contribution < 1.29 is 85.0 Å². The minimum absolute atomic E-state index is 0.462. The molecule has 3 rings (SSSR count). The molecule has 224 valence electrons. The van der Waals surface area contributed by atoms with Crippen molar-refractivity contribution in [2.75, 3.05) is 19.8 Å². The average molecular weight is 564 g/mol. The SMILES string of the molecule is CC(=O)N[C@H]1C(O)O[C@H](CO)[C@H](O)[C@@H]1O.OC[C@H]1O[C@@H](O[C@H]2[C@H](O)[C@@H](O)C(O)O[C@@H]2CO)[C@H](O)[C@@H](O)[C@H]1O. The molecule has 38 heavy (non-hydrogen) atoms. The summed E-state index contributed by atoms with van der Waals surface area (Å²) in [4.78, 5) is 10.7. The first-order valence-electron chi connectivity index (χ1n) is 11.6. The van der Waals surface area contributed by atoms with Gasteiger partial charge in [0.1, 0.15) is 73.2 Å². The largest absolute Gasteiger partial charge is 0.394 e. The quantitative estimate of drug-likeness (QED) is 0.143. The number of aliphatic hydroxyl groups excluding tert-OH is 12. The zero-order valence-corrected chi connectivity index (χ0v) is 20.2. The van der Waals surface area contributed by atoms with Gasteiger partial charge in [-0.25, -0.2) is 0 Å². The molecule has 3 saturated heterocycles. The highest BCUT2D eigenvalue weighted by Crippen LogP contribution is 2.28. The maximum Gasteiger partial charge on any atom is 0.217 e. The molecule has 0 spiro atoms. The number of carbonyl (C=O) groups excluding carboxylic acids is 1. The van der Waals surface area contributed by atoms with Gasteiger partial charge in [0, 0.05) is 6.92 Å². The van der Waals surface area contributed by atoms with Gasteiger partial charge in [0.2, 0.25) is 5.91 Å². The van der Waals surface area contributed by atoms with E-state index in [1.807, 2.05) is 0 Å². The first kappa shape index (κ1) is 33.0. The molecule has 0 radical (unpaired) electrons. The van der Waals surface area contributed by atoms with Crippen molar-refractivity contribution in [3.8, 4) is 0 Å². The van der Waals surface area contributed by atoms with Gasteiger partial charge >= 0.3 is 0 Å². The minimum Gasteiger partial charge on any atom is -0.394 e. The van der Waals surface area contributed by atoms with Crippen LogP contribution in [0.15, 0.2) is 0 Å². The summed E-state index contributed by atoms with van der Waals surface area (Å²) in [6.45, 7) is -0.658. The Kier molecular flexibility index (Phi) is 12.6. The zero-order chi connectivity index (χ0) is 28.9. The van der Waals surface area contributed by atoms with Crippen LogP contribution >= 0.6 is 0 Å². The summed E-state index contributed by atoms with van der Waals surface area (Å²) >= 11 is 0. The van der Waals surface area contributed by atoms with E-state index in [4.69, 9.17) is 29.2 Å². The van der Waals surface area contributed by atoms with E-state index in [2.05, 4.69) is 5.32 Å². The van der Waals surface area contributed by atoms with E-state index in [9.17, 15) is 55.9 Å². The van der Waals surface area contributed by atoms with Crippen LogP contribution in [-0.4, -0.2) is 179 Å². The van der Waals surface area contributed by atoms with Crippen LogP contribution in [-0.2, 0) is 23.7 Å². The standard InChI is InChI=1S/C12H22O11.C8H15NO6/c13-1-3-5(15)6(16)9(19)12(22-3)23-10-4(2-14)21-11(20)8(18)7(10)17;1-3(11)9-5-7(13)6(12)4(2-10)15-8(5)14/h3-20H,1-2H2;4-8,10,12-14H,2H2,1H3,(H,9,11)/t3-,4-,5+,6+,7-,8-,9-,10-,11?,12+;4-,5-,6+,7-,8?/m11/s1. The van der Waals surface area contributed by atoms with E-state index < -0.39 is 118 Å². The van der Waals surface area contributed by atoms with Gasteiger partial charge in [-0.3, -0.25) is 4.79 Å². The Morgan fingerprint density at radius 2 is 1.13 bits per heavy atom. The highest BCUT2D eigenvalue weighted by Gasteiger charge is 2.50. The lowest BCUT2D eigenvalue weighted by Gasteiger charge is -2.45. The molecule has 0 saturated carbocycles. The molecule has 15 atom stereocenters. The molecule has 0 aromatic heterocycles. The molecule has 0 aromatic rings. The van der Waals surface area contributed by atoms with Crippen molar-refractivity contribution in [2.45, 2.75) is 99.0 Å². The molecule has 0 aliphatic carbocycles. The molecule has 1 amide bonds. The monoisotopic (exact) mass is 563 g/mol. The normalized spacial score (nSPS) is 47.6. The van der Waals surface area contributed by atoms with Crippen LogP contribution in [0.3, 0.4) is 0 Å². The molecular formula is C20H37NO17. The average Bonchev–Trinajstić information content (AvgIpc) is 2.89. The molecule has 0 bridgehead atoms. The predicted octanol–water partition coefficient (Wildman–Crippen LogP) is -8.47. The number of aliphatic hydroxyl groups is 12. The van der Waals surface area contributed by atoms with Gasteiger partial charge in [0.05, 0.1) is 19.8 Å². The Morgan fingerprint density at radius 3 is 1.66 bits per heavy atom. The molecular weight excluding hydrogens is 526 g/mol. The van der Waals surface area contributed by atoms with Gasteiger partial charge in [-0.05, 0) is 0 Å². The second kappa shape index (κ2) is 14.5. The number of hydrogen-bond acceptors (Lipinski definition) is 17. The molecule has 3 aliphatic heterocycles. The van der Waals surface area contributed by atoms with Gasteiger partial charge in [-0.2, -0.15) is 0 Å². The Hall–Kier alpha value is -1.17. The van der Waals surface area contributed by atoms with Gasteiger partial charge in [-0.15, -0.1) is 0 Å². The third-order valence-electron chi connectivity index (χ3n) is 6.25. The third-order valence-corrected chi connectivity index (χ3v) is 6.25. The highest BCUT2D eigenvalue weighted by molar-refractivity contribution is 5.73. The van der Waals surface area contributed by atoms with Crippen molar-refractivity contribution in [3.05, 3.63) is 0 Å². The number of amides is 1. The van der Waals surface area contributed by atoms with Crippen molar-refractivity contribution in [1.82, 2.24) is 5.32 Å². The van der Waals surface area contributed by atoms with Crippen molar-refractivity contribution >= 4 is 5.91 Å². The second-order valence-corrected chi connectivity index (χ2v) is 8.98. The second-order valence-electron chi connectivity index (χ2n) is 8.98. The third kappa shape index (κ3) is 7.52.